The lowest BCUT2D eigenvalue weighted by molar-refractivity contribution is 0.218. The Balaban J connectivity index is 1.42. The third-order valence-corrected chi connectivity index (χ3v) is 6.31. The van der Waals surface area contributed by atoms with Gasteiger partial charge in [0, 0.05) is 55.6 Å². The molecule has 1 atom stereocenters. The van der Waals surface area contributed by atoms with Crippen molar-refractivity contribution >= 4 is 17.0 Å². The van der Waals surface area contributed by atoms with E-state index in [0.717, 1.165) is 60.5 Å². The fraction of sp³-hybridized carbons (Fsp3) is 0.348. The van der Waals surface area contributed by atoms with E-state index >= 15 is 0 Å². The highest BCUT2D eigenvalue weighted by molar-refractivity contribution is 7.09. The van der Waals surface area contributed by atoms with E-state index in [2.05, 4.69) is 26.9 Å². The van der Waals surface area contributed by atoms with Crippen LogP contribution in [0.5, 0.6) is 11.5 Å². The molecule has 0 amide bonds. The smallest absolute Gasteiger partial charge is 0.161 e. The molecular formula is C23H27N3O3S. The zero-order valence-corrected chi connectivity index (χ0v) is 18.1. The van der Waals surface area contributed by atoms with Crippen LogP contribution in [-0.4, -0.2) is 55.4 Å². The lowest BCUT2D eigenvalue weighted by Crippen LogP contribution is -2.46. The average Bonchev–Trinajstić information content (AvgIpc) is 3.34. The summed E-state index contributed by atoms with van der Waals surface area (Å²) in [6.45, 7) is 4.60. The van der Waals surface area contributed by atoms with Gasteiger partial charge in [-0.3, -0.25) is 4.90 Å². The minimum Gasteiger partial charge on any atom is -0.493 e. The van der Waals surface area contributed by atoms with Crippen LogP contribution in [0.15, 0.2) is 54.0 Å². The first-order valence-electron chi connectivity index (χ1n) is 10.0. The van der Waals surface area contributed by atoms with Crippen LogP contribution < -0.4 is 14.4 Å². The minimum absolute atomic E-state index is 0.689. The van der Waals surface area contributed by atoms with Gasteiger partial charge in [0.1, 0.15) is 11.1 Å². The molecule has 1 saturated heterocycles. The van der Waals surface area contributed by atoms with Crippen molar-refractivity contribution in [3.63, 3.8) is 0 Å². The van der Waals surface area contributed by atoms with Crippen molar-refractivity contribution in [2.75, 3.05) is 45.3 Å². The van der Waals surface area contributed by atoms with Crippen LogP contribution >= 0.6 is 11.3 Å². The molecule has 2 heterocycles. The molecule has 0 unspecified atom stereocenters. The Morgan fingerprint density at radius 2 is 1.80 bits per heavy atom. The number of aromatic nitrogens is 1. The highest BCUT2D eigenvalue weighted by Crippen LogP contribution is 2.32. The highest BCUT2D eigenvalue weighted by Gasteiger charge is 2.23. The third-order valence-electron chi connectivity index (χ3n) is 5.48. The molecular weight excluding hydrogens is 398 g/mol. The summed E-state index contributed by atoms with van der Waals surface area (Å²) in [6.07, 6.45) is 1.05. The number of ether oxygens (including phenoxy) is 2. The Bertz CT molecular complexity index is 956. The maximum absolute atomic E-state index is 10.8. The van der Waals surface area contributed by atoms with Crippen LogP contribution in [0, 0.1) is 0 Å². The van der Waals surface area contributed by atoms with Gasteiger partial charge in [-0.2, -0.15) is 0 Å². The fourth-order valence-corrected chi connectivity index (χ4v) is 4.53. The Morgan fingerprint density at radius 1 is 1.03 bits per heavy atom. The number of rotatable bonds is 7. The van der Waals surface area contributed by atoms with Gasteiger partial charge in [0.25, 0.3) is 0 Å². The van der Waals surface area contributed by atoms with Crippen LogP contribution in [0.1, 0.15) is 22.2 Å². The summed E-state index contributed by atoms with van der Waals surface area (Å²) in [5.74, 6) is 1.51. The van der Waals surface area contributed by atoms with Crippen LogP contribution in [0.4, 0.5) is 5.69 Å². The minimum atomic E-state index is -0.689. The first kappa shape index (κ1) is 20.7. The number of nitrogens with zero attached hydrogens (tertiary/aromatic N) is 3. The van der Waals surface area contributed by atoms with Gasteiger partial charge >= 0.3 is 0 Å². The molecule has 0 spiro atoms. The zero-order chi connectivity index (χ0) is 20.9. The Hall–Kier alpha value is -2.61. The number of aliphatic hydroxyl groups excluding tert-OH is 1. The SMILES string of the molecule is COc1ccc(CN2CCN(c3ccccc3[C@@H](O)c3nccs3)CC2)cc1OC. The van der Waals surface area contributed by atoms with Crippen molar-refractivity contribution in [2.45, 2.75) is 12.6 Å². The number of methoxy groups -OCH3 is 2. The monoisotopic (exact) mass is 425 g/mol. The Morgan fingerprint density at radius 3 is 2.50 bits per heavy atom. The number of benzene rings is 2. The quantitative estimate of drug-likeness (QED) is 0.625. The number of hydrogen-bond acceptors (Lipinski definition) is 7. The molecule has 0 saturated carbocycles. The van der Waals surface area contributed by atoms with E-state index in [4.69, 9.17) is 9.47 Å². The average molecular weight is 426 g/mol. The molecule has 4 rings (SSSR count). The number of para-hydroxylation sites is 1. The fourth-order valence-electron chi connectivity index (χ4n) is 3.89. The summed E-state index contributed by atoms with van der Waals surface area (Å²) < 4.78 is 10.8. The molecule has 30 heavy (non-hydrogen) atoms. The van der Waals surface area contributed by atoms with Crippen molar-refractivity contribution < 1.29 is 14.6 Å². The van der Waals surface area contributed by atoms with Crippen molar-refractivity contribution in [1.82, 2.24) is 9.88 Å². The van der Waals surface area contributed by atoms with E-state index in [-0.39, 0.29) is 0 Å². The van der Waals surface area contributed by atoms with Crippen LogP contribution in [-0.2, 0) is 6.54 Å². The molecule has 7 heteroatoms. The number of aliphatic hydroxyl groups is 1. The van der Waals surface area contributed by atoms with Gasteiger partial charge in [-0.1, -0.05) is 24.3 Å². The summed E-state index contributed by atoms with van der Waals surface area (Å²) in [7, 11) is 3.32. The first-order valence-corrected chi connectivity index (χ1v) is 10.9. The topological polar surface area (TPSA) is 58.1 Å². The van der Waals surface area contributed by atoms with Gasteiger partial charge in [-0.05, 0) is 23.8 Å². The van der Waals surface area contributed by atoms with E-state index in [1.807, 2.05) is 35.7 Å². The molecule has 0 bridgehead atoms. The van der Waals surface area contributed by atoms with E-state index in [1.54, 1.807) is 20.4 Å². The molecule has 0 aliphatic carbocycles. The van der Waals surface area contributed by atoms with Crippen LogP contribution in [0.25, 0.3) is 0 Å². The summed E-state index contributed by atoms with van der Waals surface area (Å²) >= 11 is 1.48. The molecule has 3 aromatic rings. The normalized spacial score (nSPS) is 15.8. The van der Waals surface area contributed by atoms with Gasteiger partial charge in [0.15, 0.2) is 11.5 Å². The molecule has 158 valence electrons. The second-order valence-corrected chi connectivity index (χ2v) is 8.21. The highest BCUT2D eigenvalue weighted by atomic mass is 32.1. The van der Waals surface area contributed by atoms with Crippen LogP contribution in [0.3, 0.4) is 0 Å². The number of thiazole rings is 1. The predicted octanol–water partition coefficient (Wildman–Crippen LogP) is 3.56. The van der Waals surface area contributed by atoms with Gasteiger partial charge in [0.2, 0.25) is 0 Å². The largest absolute Gasteiger partial charge is 0.493 e. The summed E-state index contributed by atoms with van der Waals surface area (Å²) in [5, 5.41) is 13.4. The van der Waals surface area contributed by atoms with E-state index in [1.165, 1.54) is 16.9 Å². The molecule has 0 radical (unpaired) electrons. The first-order chi connectivity index (χ1) is 14.7. The van der Waals surface area contributed by atoms with E-state index in [0.29, 0.717) is 0 Å². The summed E-state index contributed by atoms with van der Waals surface area (Å²) in [5.41, 5.74) is 3.22. The third kappa shape index (κ3) is 4.43. The summed E-state index contributed by atoms with van der Waals surface area (Å²) in [6, 6.07) is 14.2. The second kappa shape index (κ2) is 9.47. The van der Waals surface area contributed by atoms with Gasteiger partial charge < -0.3 is 19.5 Å². The molecule has 1 N–H and O–H groups in total. The molecule has 2 aromatic carbocycles. The number of piperazine rings is 1. The van der Waals surface area contributed by atoms with Crippen molar-refractivity contribution in [2.24, 2.45) is 0 Å². The summed E-state index contributed by atoms with van der Waals surface area (Å²) in [4.78, 5) is 9.09. The lowest BCUT2D eigenvalue weighted by atomic mass is 10.1. The maximum Gasteiger partial charge on any atom is 0.161 e. The van der Waals surface area contributed by atoms with Gasteiger partial charge in [0.05, 0.1) is 14.2 Å². The van der Waals surface area contributed by atoms with Crippen LogP contribution in [0.2, 0.25) is 0 Å². The molecule has 1 aliphatic rings. The Kier molecular flexibility index (Phi) is 6.52. The lowest BCUT2D eigenvalue weighted by Gasteiger charge is -2.37. The number of hydrogen-bond donors (Lipinski definition) is 1. The number of anilines is 1. The van der Waals surface area contributed by atoms with Crippen molar-refractivity contribution in [3.05, 3.63) is 70.2 Å². The maximum atomic E-state index is 10.8. The molecule has 1 aliphatic heterocycles. The standard InChI is InChI=1S/C23H27N3O3S/c1-28-20-8-7-17(15-21(20)29-2)16-25-10-12-26(13-11-25)19-6-4-3-5-18(19)22(27)23-24-9-14-30-23/h3-9,14-15,22,27H,10-13,16H2,1-2H3/t22-/m1/s1. The zero-order valence-electron chi connectivity index (χ0n) is 17.3. The second-order valence-electron chi connectivity index (χ2n) is 7.28. The molecule has 1 fully saturated rings. The molecule has 6 nitrogen and oxygen atoms in total. The van der Waals surface area contributed by atoms with Gasteiger partial charge in [-0.15, -0.1) is 11.3 Å². The van der Waals surface area contributed by atoms with Crippen molar-refractivity contribution in [3.8, 4) is 11.5 Å². The Labute approximate surface area is 181 Å². The van der Waals surface area contributed by atoms with E-state index in [9.17, 15) is 5.11 Å². The van der Waals surface area contributed by atoms with Gasteiger partial charge in [-0.25, -0.2) is 4.98 Å². The van der Waals surface area contributed by atoms with E-state index < -0.39 is 6.10 Å². The molecule has 1 aromatic heterocycles. The predicted molar refractivity (Wildman–Crippen MR) is 120 cm³/mol. The van der Waals surface area contributed by atoms with Crippen molar-refractivity contribution in [1.29, 1.82) is 0 Å².